The summed E-state index contributed by atoms with van der Waals surface area (Å²) in [4.78, 5) is 27.0. The largest absolute Gasteiger partial charge is 0.773 e. The summed E-state index contributed by atoms with van der Waals surface area (Å²) in [7, 11) is 0. The molecule has 1 aliphatic rings. The number of rotatable bonds is 4. The Morgan fingerprint density at radius 3 is 2.42 bits per heavy atom. The van der Waals surface area contributed by atoms with Crippen LogP contribution in [0.1, 0.15) is 37.3 Å². The fraction of sp³-hybridized carbons (Fsp3) is 0.385. The predicted molar refractivity (Wildman–Crippen MR) is 131 cm³/mol. The molecule has 1 saturated heterocycles. The molecule has 1 amide bonds. The second-order valence-electron chi connectivity index (χ2n) is 8.52. The van der Waals surface area contributed by atoms with Crippen LogP contribution < -0.4 is 5.63 Å². The van der Waals surface area contributed by atoms with E-state index in [0.29, 0.717) is 12.0 Å². The molecule has 0 saturated carbocycles. The van der Waals surface area contributed by atoms with E-state index >= 15 is 0 Å². The summed E-state index contributed by atoms with van der Waals surface area (Å²) in [6.07, 6.45) is 5.14. The molecule has 0 bridgehead atoms. The van der Waals surface area contributed by atoms with Gasteiger partial charge in [-0.05, 0) is 61.6 Å². The lowest BCUT2D eigenvalue weighted by Crippen LogP contribution is -2.39. The lowest BCUT2D eigenvalue weighted by molar-refractivity contribution is -0.135. The van der Waals surface area contributed by atoms with Gasteiger partial charge in [-0.1, -0.05) is 54.4 Å². The van der Waals surface area contributed by atoms with E-state index in [1.807, 2.05) is 61.2 Å². The highest BCUT2D eigenvalue weighted by Gasteiger charge is 2.22. The van der Waals surface area contributed by atoms with E-state index < -0.39 is 11.1 Å². The molecule has 1 aromatic heterocycles. The maximum absolute atomic E-state index is 12.7. The van der Waals surface area contributed by atoms with E-state index in [-0.39, 0.29) is 17.5 Å². The minimum atomic E-state index is -1.86. The summed E-state index contributed by atoms with van der Waals surface area (Å²) in [5.41, 5.74) is 4.27. The highest BCUT2D eigenvalue weighted by Crippen LogP contribution is 2.30. The van der Waals surface area contributed by atoms with Crippen molar-refractivity contribution in [2.24, 2.45) is 5.92 Å². The molecule has 2 unspecified atom stereocenters. The minimum absolute atomic E-state index is 0.0863. The van der Waals surface area contributed by atoms with Gasteiger partial charge in [-0.2, -0.15) is 0 Å². The Morgan fingerprint density at radius 2 is 1.76 bits per heavy atom. The van der Waals surface area contributed by atoms with Gasteiger partial charge in [0.2, 0.25) is 5.91 Å². The summed E-state index contributed by atoms with van der Waals surface area (Å²) in [5.74, 6) is 0.136. The molecule has 4 rings (SSSR count). The zero-order valence-corrected chi connectivity index (χ0v) is 20.2. The Bertz CT molecular complexity index is 1190. The number of carbonyl (C=O) groups excluding carboxylic acids is 1. The molecule has 7 heteroatoms. The molecule has 1 fully saturated rings. The zero-order valence-electron chi connectivity index (χ0n) is 19.3. The first-order valence-corrected chi connectivity index (χ1v) is 12.7. The number of amides is 1. The molecule has 3 aromatic rings. The van der Waals surface area contributed by atoms with Crippen LogP contribution in [0.25, 0.3) is 22.1 Å². The van der Waals surface area contributed by atoms with Crippen LogP contribution in [0.2, 0.25) is 0 Å². The van der Waals surface area contributed by atoms with Gasteiger partial charge in [0, 0.05) is 36.0 Å². The van der Waals surface area contributed by atoms with Crippen molar-refractivity contribution in [3.63, 3.8) is 0 Å². The Morgan fingerprint density at radius 1 is 1.09 bits per heavy atom. The van der Waals surface area contributed by atoms with Gasteiger partial charge in [-0.3, -0.25) is 9.00 Å². The van der Waals surface area contributed by atoms with Gasteiger partial charge in [0.1, 0.15) is 5.58 Å². The molecule has 2 heterocycles. The summed E-state index contributed by atoms with van der Waals surface area (Å²) < 4.78 is 23.5. The van der Waals surface area contributed by atoms with E-state index in [9.17, 15) is 9.59 Å². The van der Waals surface area contributed by atoms with Gasteiger partial charge in [-0.15, -0.1) is 0 Å². The molecular weight excluding hydrogens is 438 g/mol. The van der Waals surface area contributed by atoms with E-state index in [4.69, 9.17) is 13.2 Å². The van der Waals surface area contributed by atoms with Crippen LogP contribution in [0, 0.1) is 12.8 Å². The third-order valence-electron chi connectivity index (χ3n) is 5.88. The standard InChI is InChI=1S/C25H27NO3.CH4O2S/c1-17-8-4-5-9-20(17)22-16-24(27)29-23-15-19(10-11-21(22)23)14-18(2)25(28)26-12-6-3-7-13-26;1-4(2)3/h4-5,8-11,15-16,18H,3,6-7,12-14H2,1-2H3;1H3,(H,2,3)/p-1. The molecule has 1 aliphatic heterocycles. The fourth-order valence-corrected chi connectivity index (χ4v) is 4.30. The molecule has 0 N–H and O–H groups in total. The number of carbonyl (C=O) groups is 1. The number of benzene rings is 2. The van der Waals surface area contributed by atoms with Crippen molar-refractivity contribution >= 4 is 28.0 Å². The summed E-state index contributed by atoms with van der Waals surface area (Å²) in [6, 6.07) is 15.6. The SMILES string of the molecule is CS(=O)[O-].Cc1ccccc1-c1cc(=O)oc2cc(CC(C)C(=O)N3CCCCC3)ccc12. The van der Waals surface area contributed by atoms with Gasteiger partial charge >= 0.3 is 5.63 Å². The zero-order chi connectivity index (χ0) is 24.0. The van der Waals surface area contributed by atoms with Crippen molar-refractivity contribution in [2.45, 2.75) is 39.5 Å². The topological polar surface area (TPSA) is 90.6 Å². The number of nitrogens with zero attached hydrogens (tertiary/aromatic N) is 1. The molecule has 33 heavy (non-hydrogen) atoms. The van der Waals surface area contributed by atoms with E-state index in [1.165, 1.54) is 6.42 Å². The summed E-state index contributed by atoms with van der Waals surface area (Å²) >= 11 is -1.86. The van der Waals surface area contributed by atoms with E-state index in [2.05, 4.69) is 0 Å². The monoisotopic (exact) mass is 468 g/mol. The fourth-order valence-electron chi connectivity index (χ4n) is 4.30. The number of hydrogen-bond donors (Lipinski definition) is 0. The molecule has 2 atom stereocenters. The summed E-state index contributed by atoms with van der Waals surface area (Å²) in [5, 5.41) is 0.915. The molecule has 0 aliphatic carbocycles. The van der Waals surface area contributed by atoms with Gasteiger partial charge in [0.05, 0.1) is 0 Å². The van der Waals surface area contributed by atoms with Crippen molar-refractivity contribution in [3.8, 4) is 11.1 Å². The lowest BCUT2D eigenvalue weighted by atomic mass is 9.95. The van der Waals surface area contributed by atoms with E-state index in [0.717, 1.165) is 59.8 Å². The van der Waals surface area contributed by atoms with Gasteiger partial charge < -0.3 is 13.9 Å². The molecule has 2 aromatic carbocycles. The Labute approximate surface area is 196 Å². The van der Waals surface area contributed by atoms with Gasteiger partial charge in [-0.25, -0.2) is 4.79 Å². The third-order valence-corrected chi connectivity index (χ3v) is 5.88. The average Bonchev–Trinajstić information content (AvgIpc) is 2.78. The average molecular weight is 469 g/mol. The number of fused-ring (bicyclic) bond motifs is 1. The number of aryl methyl sites for hydroxylation is 1. The van der Waals surface area contributed by atoms with Crippen LogP contribution in [-0.4, -0.2) is 38.9 Å². The third kappa shape index (κ3) is 6.62. The first kappa shape index (κ1) is 24.9. The first-order chi connectivity index (χ1) is 15.8. The number of likely N-dealkylation sites (tertiary alicyclic amines) is 1. The predicted octanol–water partition coefficient (Wildman–Crippen LogP) is 4.45. The molecule has 176 valence electrons. The summed E-state index contributed by atoms with van der Waals surface area (Å²) in [6.45, 7) is 5.77. The van der Waals surface area contributed by atoms with Crippen molar-refractivity contribution in [1.82, 2.24) is 4.90 Å². The molecular formula is C26H30NO5S-. The normalized spacial score (nSPS) is 15.5. The quantitative estimate of drug-likeness (QED) is 0.417. The maximum Gasteiger partial charge on any atom is 0.336 e. The Hall–Kier alpha value is -2.77. The van der Waals surface area contributed by atoms with Crippen LogP contribution in [0.4, 0.5) is 0 Å². The van der Waals surface area contributed by atoms with Crippen LogP contribution in [0.15, 0.2) is 57.7 Å². The number of piperidine rings is 1. The smallest absolute Gasteiger partial charge is 0.336 e. The lowest BCUT2D eigenvalue weighted by Gasteiger charge is -2.29. The highest BCUT2D eigenvalue weighted by molar-refractivity contribution is 7.78. The first-order valence-electron chi connectivity index (χ1n) is 11.2. The van der Waals surface area contributed by atoms with E-state index in [1.54, 1.807) is 6.07 Å². The van der Waals surface area contributed by atoms with Crippen LogP contribution in [-0.2, 0) is 22.3 Å². The van der Waals surface area contributed by atoms with Gasteiger partial charge in [0.15, 0.2) is 0 Å². The highest BCUT2D eigenvalue weighted by atomic mass is 32.2. The second-order valence-corrected chi connectivity index (χ2v) is 9.32. The maximum atomic E-state index is 12.7. The van der Waals surface area contributed by atoms with Crippen LogP contribution in [0.5, 0.6) is 0 Å². The van der Waals surface area contributed by atoms with Crippen molar-refractivity contribution in [3.05, 3.63) is 70.1 Å². The van der Waals surface area contributed by atoms with Crippen molar-refractivity contribution in [1.29, 1.82) is 0 Å². The van der Waals surface area contributed by atoms with Crippen LogP contribution in [0.3, 0.4) is 0 Å². The van der Waals surface area contributed by atoms with Crippen LogP contribution >= 0.6 is 0 Å². The number of hydrogen-bond acceptors (Lipinski definition) is 5. The molecule has 6 nitrogen and oxygen atoms in total. The molecule has 0 radical (unpaired) electrons. The van der Waals surface area contributed by atoms with Gasteiger partial charge in [0.25, 0.3) is 0 Å². The second kappa shape index (κ2) is 11.4. The van der Waals surface area contributed by atoms with Crippen molar-refractivity contribution < 1.29 is 18.0 Å². The van der Waals surface area contributed by atoms with Crippen molar-refractivity contribution in [2.75, 3.05) is 19.3 Å². The Kier molecular flexibility index (Phi) is 8.58. The molecule has 0 spiro atoms. The minimum Gasteiger partial charge on any atom is -0.773 e. The Balaban J connectivity index is 0.000000709.